The Kier molecular flexibility index (Phi) is 5.56. The first-order valence-corrected chi connectivity index (χ1v) is 6.58. The lowest BCUT2D eigenvalue weighted by Gasteiger charge is -2.17. The number of nitrogens with two attached hydrogens (primary N) is 1. The van der Waals surface area contributed by atoms with Gasteiger partial charge in [0, 0.05) is 12.5 Å². The molecule has 5 heteroatoms. The van der Waals surface area contributed by atoms with Crippen LogP contribution in [0, 0.1) is 6.92 Å². The first-order chi connectivity index (χ1) is 8.45. The van der Waals surface area contributed by atoms with Crippen LogP contribution in [0.4, 0.5) is 0 Å². The van der Waals surface area contributed by atoms with Crippen LogP contribution >= 0.6 is 23.8 Å². The van der Waals surface area contributed by atoms with Crippen LogP contribution in [0.3, 0.4) is 0 Å². The Labute approximate surface area is 118 Å². The Bertz CT molecular complexity index is 462. The SMILES string of the molecule is CCC(CC(N)=S)NC(=O)c1cccc(C)c1Cl. The van der Waals surface area contributed by atoms with Gasteiger partial charge in [-0.15, -0.1) is 0 Å². The van der Waals surface area contributed by atoms with Gasteiger partial charge >= 0.3 is 0 Å². The van der Waals surface area contributed by atoms with Crippen molar-refractivity contribution in [3.63, 3.8) is 0 Å². The molecule has 1 unspecified atom stereocenters. The summed E-state index contributed by atoms with van der Waals surface area (Å²) < 4.78 is 0. The van der Waals surface area contributed by atoms with E-state index in [1.807, 2.05) is 26.0 Å². The van der Waals surface area contributed by atoms with Crippen LogP contribution in [-0.4, -0.2) is 16.9 Å². The molecule has 0 spiro atoms. The maximum absolute atomic E-state index is 12.1. The Morgan fingerprint density at radius 2 is 2.22 bits per heavy atom. The number of hydrogen-bond acceptors (Lipinski definition) is 2. The molecule has 0 saturated carbocycles. The zero-order valence-electron chi connectivity index (χ0n) is 10.5. The Morgan fingerprint density at radius 1 is 1.56 bits per heavy atom. The number of benzene rings is 1. The smallest absolute Gasteiger partial charge is 0.253 e. The Balaban J connectivity index is 2.81. The molecule has 1 aromatic carbocycles. The van der Waals surface area contributed by atoms with Gasteiger partial charge in [-0.25, -0.2) is 0 Å². The summed E-state index contributed by atoms with van der Waals surface area (Å²) in [6.07, 6.45) is 1.27. The molecule has 3 N–H and O–H groups in total. The van der Waals surface area contributed by atoms with Gasteiger partial charge in [0.2, 0.25) is 0 Å². The topological polar surface area (TPSA) is 55.1 Å². The fourth-order valence-electron chi connectivity index (χ4n) is 1.63. The molecule has 3 nitrogen and oxygen atoms in total. The quantitative estimate of drug-likeness (QED) is 0.818. The van der Waals surface area contributed by atoms with Crippen LogP contribution < -0.4 is 11.1 Å². The first kappa shape index (κ1) is 14.9. The minimum absolute atomic E-state index is 0.0495. The molecule has 0 bridgehead atoms. The predicted molar refractivity (Wildman–Crippen MR) is 79.1 cm³/mol. The van der Waals surface area contributed by atoms with Crippen LogP contribution in [0.2, 0.25) is 5.02 Å². The molecule has 0 aliphatic rings. The number of hydrogen-bond donors (Lipinski definition) is 2. The molecule has 0 heterocycles. The van der Waals surface area contributed by atoms with E-state index in [0.717, 1.165) is 12.0 Å². The highest BCUT2D eigenvalue weighted by Crippen LogP contribution is 2.20. The lowest BCUT2D eigenvalue weighted by molar-refractivity contribution is 0.0937. The minimum atomic E-state index is -0.188. The van der Waals surface area contributed by atoms with Crippen molar-refractivity contribution in [1.82, 2.24) is 5.32 Å². The van der Waals surface area contributed by atoms with Crippen LogP contribution in [0.1, 0.15) is 35.7 Å². The van der Waals surface area contributed by atoms with E-state index in [1.165, 1.54) is 0 Å². The molecule has 0 fully saturated rings. The summed E-state index contributed by atoms with van der Waals surface area (Å²) in [7, 11) is 0. The van der Waals surface area contributed by atoms with Gasteiger partial charge in [-0.3, -0.25) is 4.79 Å². The average Bonchev–Trinajstić information content (AvgIpc) is 2.31. The molecule has 1 atom stereocenters. The van der Waals surface area contributed by atoms with Crippen LogP contribution in [0.15, 0.2) is 18.2 Å². The minimum Gasteiger partial charge on any atom is -0.393 e. The molecule has 98 valence electrons. The second-order valence-corrected chi connectivity index (χ2v) is 5.09. The third kappa shape index (κ3) is 3.96. The Hall–Kier alpha value is -1.13. The molecule has 18 heavy (non-hydrogen) atoms. The average molecular weight is 285 g/mol. The van der Waals surface area contributed by atoms with E-state index in [1.54, 1.807) is 6.07 Å². The lowest BCUT2D eigenvalue weighted by Crippen LogP contribution is -2.37. The molecule has 1 rings (SSSR count). The van der Waals surface area contributed by atoms with Gasteiger partial charge in [0.1, 0.15) is 0 Å². The standard InChI is InChI=1S/C13H17ClN2OS/c1-3-9(7-11(15)18)16-13(17)10-6-4-5-8(2)12(10)14/h4-6,9H,3,7H2,1-2H3,(H2,15,18)(H,16,17). The molecular weight excluding hydrogens is 268 g/mol. The van der Waals surface area contributed by atoms with Crippen LogP contribution in [0.5, 0.6) is 0 Å². The van der Waals surface area contributed by atoms with Crippen molar-refractivity contribution in [2.45, 2.75) is 32.7 Å². The van der Waals surface area contributed by atoms with Crippen molar-refractivity contribution in [3.05, 3.63) is 34.3 Å². The van der Waals surface area contributed by atoms with Crippen molar-refractivity contribution in [2.75, 3.05) is 0 Å². The van der Waals surface area contributed by atoms with Crippen molar-refractivity contribution < 1.29 is 4.79 Å². The highest BCUT2D eigenvalue weighted by Gasteiger charge is 2.16. The molecule has 1 amide bonds. The molecule has 0 aliphatic heterocycles. The third-order valence-electron chi connectivity index (χ3n) is 2.71. The molecule has 0 saturated heterocycles. The van der Waals surface area contributed by atoms with Crippen molar-refractivity contribution >= 4 is 34.7 Å². The number of amides is 1. The summed E-state index contributed by atoms with van der Waals surface area (Å²) in [5, 5.41) is 3.38. The van der Waals surface area contributed by atoms with Crippen LogP contribution in [0.25, 0.3) is 0 Å². The van der Waals surface area contributed by atoms with Gasteiger partial charge in [-0.1, -0.05) is 42.9 Å². The normalized spacial score (nSPS) is 11.9. The second-order valence-electron chi connectivity index (χ2n) is 4.19. The van der Waals surface area contributed by atoms with Crippen molar-refractivity contribution in [2.24, 2.45) is 5.73 Å². The number of nitrogens with one attached hydrogen (secondary N) is 1. The fraction of sp³-hybridized carbons (Fsp3) is 0.385. The second kappa shape index (κ2) is 6.71. The van der Waals surface area contributed by atoms with Gasteiger partial charge in [-0.2, -0.15) is 0 Å². The molecule has 0 aliphatic carbocycles. The fourth-order valence-corrected chi connectivity index (χ4v) is 2.04. The summed E-state index contributed by atoms with van der Waals surface area (Å²) in [6, 6.07) is 5.33. The van der Waals surface area contributed by atoms with E-state index in [2.05, 4.69) is 5.32 Å². The number of carbonyl (C=O) groups is 1. The summed E-state index contributed by atoms with van der Waals surface area (Å²) in [5.74, 6) is -0.188. The predicted octanol–water partition coefficient (Wildman–Crippen LogP) is 2.83. The molecule has 0 aromatic heterocycles. The zero-order valence-corrected chi connectivity index (χ0v) is 12.1. The monoisotopic (exact) mass is 284 g/mol. The van der Waals surface area contributed by atoms with E-state index in [0.29, 0.717) is 22.0 Å². The van der Waals surface area contributed by atoms with E-state index in [4.69, 9.17) is 29.6 Å². The van der Waals surface area contributed by atoms with Gasteiger partial charge in [0.15, 0.2) is 0 Å². The number of aryl methyl sites for hydroxylation is 1. The van der Waals surface area contributed by atoms with Crippen LogP contribution in [-0.2, 0) is 0 Å². The maximum Gasteiger partial charge on any atom is 0.253 e. The lowest BCUT2D eigenvalue weighted by atomic mass is 10.1. The number of rotatable bonds is 5. The van der Waals surface area contributed by atoms with Crippen molar-refractivity contribution in [1.29, 1.82) is 0 Å². The third-order valence-corrected chi connectivity index (χ3v) is 3.38. The highest BCUT2D eigenvalue weighted by atomic mass is 35.5. The highest BCUT2D eigenvalue weighted by molar-refractivity contribution is 7.80. The van der Waals surface area contributed by atoms with E-state index >= 15 is 0 Å². The maximum atomic E-state index is 12.1. The summed E-state index contributed by atoms with van der Waals surface area (Å²) >= 11 is 11.0. The van der Waals surface area contributed by atoms with Gasteiger partial charge in [0.05, 0.1) is 15.6 Å². The van der Waals surface area contributed by atoms with E-state index in [9.17, 15) is 4.79 Å². The van der Waals surface area contributed by atoms with Gasteiger partial charge in [-0.05, 0) is 25.0 Å². The summed E-state index contributed by atoms with van der Waals surface area (Å²) in [5.41, 5.74) is 6.86. The molecule has 1 aromatic rings. The number of thiocarbonyl (C=S) groups is 1. The van der Waals surface area contributed by atoms with Gasteiger partial charge < -0.3 is 11.1 Å². The summed E-state index contributed by atoms with van der Waals surface area (Å²) in [6.45, 7) is 3.84. The first-order valence-electron chi connectivity index (χ1n) is 5.80. The largest absolute Gasteiger partial charge is 0.393 e. The Morgan fingerprint density at radius 3 is 2.78 bits per heavy atom. The van der Waals surface area contributed by atoms with E-state index < -0.39 is 0 Å². The number of halogens is 1. The van der Waals surface area contributed by atoms with Gasteiger partial charge in [0.25, 0.3) is 5.91 Å². The number of carbonyl (C=O) groups excluding carboxylic acids is 1. The molecular formula is C13H17ClN2OS. The zero-order chi connectivity index (χ0) is 13.7. The van der Waals surface area contributed by atoms with Crippen molar-refractivity contribution in [3.8, 4) is 0 Å². The van der Waals surface area contributed by atoms with E-state index in [-0.39, 0.29) is 11.9 Å². The summed E-state index contributed by atoms with van der Waals surface area (Å²) in [4.78, 5) is 12.5. The molecule has 0 radical (unpaired) electrons.